The molecule has 0 bridgehead atoms. The Balaban J connectivity index is 1.36. The van der Waals surface area contributed by atoms with Crippen LogP contribution in [0, 0.1) is 0 Å². The zero-order chi connectivity index (χ0) is 40.4. The van der Waals surface area contributed by atoms with Gasteiger partial charge in [-0.3, -0.25) is 0 Å². The topological polar surface area (TPSA) is 0 Å². The highest BCUT2D eigenvalue weighted by molar-refractivity contribution is 6.93. The summed E-state index contributed by atoms with van der Waals surface area (Å²) in [4.78, 5) is 0. The van der Waals surface area contributed by atoms with E-state index >= 15 is 0 Å². The molecular formula is C51H66Si5. The standard InChI is InChI=1S/C51H66Si5/c1-52(2,3)42-29-40(30-43(33-42)53(4,5)6)48-23-17-21-38-27-46(35-50(38)48)56(13,26-25-37-19-15-14-16-20-37)47-28-39-22-18-24-49(51(39)36-47)41-31-44(54(7,8)9)34-45(32-41)55(10,11)12/h14-24,29-36H,25-28H2,1-13H3. The van der Waals surface area contributed by atoms with Gasteiger partial charge in [0.2, 0.25) is 0 Å². The van der Waals surface area contributed by atoms with Gasteiger partial charge in [0, 0.05) is 0 Å². The fraction of sp³-hybridized carbons (Fsp3) is 0.333. The van der Waals surface area contributed by atoms with Crippen molar-refractivity contribution in [2.75, 3.05) is 0 Å². The quantitative estimate of drug-likeness (QED) is 0.116. The van der Waals surface area contributed by atoms with Crippen LogP contribution in [0.4, 0.5) is 0 Å². The van der Waals surface area contributed by atoms with Crippen LogP contribution in [0.1, 0.15) is 27.8 Å². The fourth-order valence-corrected chi connectivity index (χ4v) is 17.7. The molecule has 0 aromatic heterocycles. The van der Waals surface area contributed by atoms with Crippen LogP contribution < -0.4 is 20.7 Å². The molecule has 0 saturated carbocycles. The van der Waals surface area contributed by atoms with Crippen molar-refractivity contribution >= 4 is 73.3 Å². The van der Waals surface area contributed by atoms with Gasteiger partial charge in [-0.05, 0) is 75.4 Å². The number of hydrogen-bond acceptors (Lipinski definition) is 0. The molecule has 0 atom stereocenters. The summed E-state index contributed by atoms with van der Waals surface area (Å²) in [5.41, 5.74) is 13.2. The number of aryl methyl sites for hydroxylation is 1. The summed E-state index contributed by atoms with van der Waals surface area (Å²) in [5.74, 6) is 0. The van der Waals surface area contributed by atoms with E-state index in [-0.39, 0.29) is 0 Å². The van der Waals surface area contributed by atoms with Gasteiger partial charge in [0.15, 0.2) is 0 Å². The number of allylic oxidation sites excluding steroid dienone is 2. The predicted octanol–water partition coefficient (Wildman–Crippen LogP) is 12.2. The summed E-state index contributed by atoms with van der Waals surface area (Å²) in [5, 5.41) is 9.78. The van der Waals surface area contributed by atoms with E-state index in [0.717, 1.165) is 19.3 Å². The van der Waals surface area contributed by atoms with Crippen molar-refractivity contribution in [1.82, 2.24) is 0 Å². The van der Waals surface area contributed by atoms with E-state index in [9.17, 15) is 0 Å². The van der Waals surface area contributed by atoms with E-state index in [1.54, 1.807) is 31.1 Å². The molecule has 2 aliphatic carbocycles. The van der Waals surface area contributed by atoms with Gasteiger partial charge in [-0.25, -0.2) is 0 Å². The first-order valence-corrected chi connectivity index (χ1v) is 37.8. The van der Waals surface area contributed by atoms with E-state index in [4.69, 9.17) is 0 Å². The maximum Gasteiger partial charge on any atom is 0.107 e. The molecule has 0 saturated heterocycles. The third-order valence-electron chi connectivity index (χ3n) is 12.9. The minimum absolute atomic E-state index is 1.08. The van der Waals surface area contributed by atoms with E-state index in [1.807, 2.05) is 0 Å². The fourth-order valence-electron chi connectivity index (χ4n) is 8.81. The molecule has 7 rings (SSSR count). The van der Waals surface area contributed by atoms with Crippen LogP contribution in [0.25, 0.3) is 34.4 Å². The van der Waals surface area contributed by atoms with Gasteiger partial charge >= 0.3 is 0 Å². The first-order valence-electron chi connectivity index (χ1n) is 21.1. The Bertz CT molecular complexity index is 2140. The molecule has 5 heteroatoms. The Hall–Kier alpha value is -3.34. The van der Waals surface area contributed by atoms with Crippen molar-refractivity contribution in [3.8, 4) is 22.3 Å². The van der Waals surface area contributed by atoms with Gasteiger partial charge in [-0.15, -0.1) is 0 Å². The van der Waals surface area contributed by atoms with Crippen LogP contribution in [0.15, 0.2) is 114 Å². The highest BCUT2D eigenvalue weighted by Gasteiger charge is 2.40. The highest BCUT2D eigenvalue weighted by atomic mass is 28.3. The normalized spacial score (nSPS) is 14.7. The summed E-state index contributed by atoms with van der Waals surface area (Å²) in [6.45, 7) is 32.8. The van der Waals surface area contributed by atoms with E-state index < -0.39 is 40.4 Å². The number of benzene rings is 5. The number of hydrogen-bond donors (Lipinski definition) is 0. The second kappa shape index (κ2) is 14.8. The molecule has 5 aromatic carbocycles. The lowest BCUT2D eigenvalue weighted by Crippen LogP contribution is -2.45. The number of fused-ring (bicyclic) bond motifs is 2. The van der Waals surface area contributed by atoms with E-state index in [2.05, 4.69) is 200 Å². The van der Waals surface area contributed by atoms with Crippen molar-refractivity contribution < 1.29 is 0 Å². The second-order valence-electron chi connectivity index (χ2n) is 21.4. The molecule has 0 heterocycles. The molecule has 0 radical (unpaired) electrons. The molecule has 290 valence electrons. The van der Waals surface area contributed by atoms with Crippen molar-refractivity contribution in [2.24, 2.45) is 0 Å². The van der Waals surface area contributed by atoms with Crippen molar-refractivity contribution in [2.45, 2.75) is 110 Å². The minimum Gasteiger partial charge on any atom is -0.0712 e. The average molecular weight is 820 g/mol. The second-order valence-corrected chi connectivity index (χ2v) is 46.1. The Morgan fingerprint density at radius 3 is 1.14 bits per heavy atom. The van der Waals surface area contributed by atoms with Gasteiger partial charge in [-0.1, -0.05) is 232 Å². The van der Waals surface area contributed by atoms with Crippen LogP contribution in [0.2, 0.25) is 91.2 Å². The molecule has 0 amide bonds. The summed E-state index contributed by atoms with van der Waals surface area (Å²) in [6.07, 6.45) is 8.67. The SMILES string of the molecule is C[Si](CCc1ccccc1)(C1=Cc2c(cccc2-c2cc([Si](C)(C)C)cc([Si](C)(C)C)c2)C1)C1=Cc2c(cccc2-c2cc([Si](C)(C)C)cc([Si](C)(C)C)c2)C1. The van der Waals surface area contributed by atoms with Gasteiger partial charge in [0.05, 0.1) is 32.3 Å². The van der Waals surface area contributed by atoms with Crippen LogP contribution in [-0.4, -0.2) is 40.4 Å². The molecular weight excluding hydrogens is 753 g/mol. The van der Waals surface area contributed by atoms with Crippen LogP contribution in [-0.2, 0) is 19.3 Å². The van der Waals surface area contributed by atoms with E-state index in [1.165, 1.54) is 56.1 Å². The van der Waals surface area contributed by atoms with E-state index in [0.29, 0.717) is 0 Å². The zero-order valence-electron chi connectivity index (χ0n) is 36.8. The molecule has 0 fully saturated rings. The van der Waals surface area contributed by atoms with Gasteiger partial charge in [0.1, 0.15) is 8.07 Å². The largest absolute Gasteiger partial charge is 0.107 e. The molecule has 0 unspecified atom stereocenters. The third kappa shape index (κ3) is 8.31. The molecule has 2 aliphatic rings. The van der Waals surface area contributed by atoms with Crippen molar-refractivity contribution in [1.29, 1.82) is 0 Å². The maximum atomic E-state index is 2.72. The Morgan fingerprint density at radius 1 is 0.411 bits per heavy atom. The lowest BCUT2D eigenvalue weighted by atomic mass is 9.97. The lowest BCUT2D eigenvalue weighted by molar-refractivity contribution is 1.07. The average Bonchev–Trinajstić information content (AvgIpc) is 3.78. The zero-order valence-corrected chi connectivity index (χ0v) is 41.8. The smallest absolute Gasteiger partial charge is 0.0712 e. The van der Waals surface area contributed by atoms with Gasteiger partial charge < -0.3 is 0 Å². The Labute approximate surface area is 345 Å². The molecule has 0 spiro atoms. The molecule has 56 heavy (non-hydrogen) atoms. The molecule has 5 aromatic rings. The predicted molar refractivity (Wildman–Crippen MR) is 266 cm³/mol. The van der Waals surface area contributed by atoms with Crippen molar-refractivity contribution in [3.05, 3.63) is 141 Å². The van der Waals surface area contributed by atoms with Crippen molar-refractivity contribution in [3.63, 3.8) is 0 Å². The van der Waals surface area contributed by atoms with Crippen LogP contribution in [0.3, 0.4) is 0 Å². The summed E-state index contributed by atoms with van der Waals surface area (Å²) in [6, 6.07) is 42.2. The third-order valence-corrected chi connectivity index (χ3v) is 25.7. The molecule has 0 N–H and O–H groups in total. The van der Waals surface area contributed by atoms with Gasteiger partial charge in [-0.2, -0.15) is 0 Å². The summed E-state index contributed by atoms with van der Waals surface area (Å²) < 4.78 is 0. The first-order chi connectivity index (χ1) is 26.1. The van der Waals surface area contributed by atoms with Crippen LogP contribution >= 0.6 is 0 Å². The summed E-state index contributed by atoms with van der Waals surface area (Å²) in [7, 11) is -8.18. The maximum absolute atomic E-state index is 2.72. The number of rotatable bonds is 11. The first kappa shape index (κ1) is 40.8. The molecule has 0 aliphatic heterocycles. The van der Waals surface area contributed by atoms with Gasteiger partial charge in [0.25, 0.3) is 0 Å². The lowest BCUT2D eigenvalue weighted by Gasteiger charge is -2.31. The Morgan fingerprint density at radius 2 is 0.786 bits per heavy atom. The molecule has 0 nitrogen and oxygen atoms in total. The minimum atomic E-state index is -2.12. The highest BCUT2D eigenvalue weighted by Crippen LogP contribution is 2.45. The monoisotopic (exact) mass is 818 g/mol. The summed E-state index contributed by atoms with van der Waals surface area (Å²) >= 11 is 0. The Kier molecular flexibility index (Phi) is 10.8. The van der Waals surface area contributed by atoms with Crippen LogP contribution in [0.5, 0.6) is 0 Å².